The van der Waals surface area contributed by atoms with E-state index in [4.69, 9.17) is 32.7 Å². The van der Waals surface area contributed by atoms with E-state index >= 15 is 0 Å². The highest BCUT2D eigenvalue weighted by molar-refractivity contribution is 6.42. The SMILES string of the molecule is CC(C)(C)OC(=O)N1CCOC(CNC(=O)C(C)(C)O)C(c2ccc(Cl)c(Cl)c2)C1. The number of nitrogens with one attached hydrogen (secondary N) is 1. The fourth-order valence-electron chi connectivity index (χ4n) is 3.04. The van der Waals surface area contributed by atoms with E-state index in [9.17, 15) is 14.7 Å². The van der Waals surface area contributed by atoms with Crippen molar-refractivity contribution in [3.05, 3.63) is 33.8 Å². The molecule has 1 aliphatic rings. The van der Waals surface area contributed by atoms with Crippen molar-refractivity contribution < 1.29 is 24.2 Å². The van der Waals surface area contributed by atoms with Gasteiger partial charge in [-0.2, -0.15) is 0 Å². The molecule has 2 rings (SSSR count). The third-order valence-corrected chi connectivity index (χ3v) is 5.34. The lowest BCUT2D eigenvalue weighted by Crippen LogP contribution is -2.47. The highest BCUT2D eigenvalue weighted by atomic mass is 35.5. The average Bonchev–Trinajstić information content (AvgIpc) is 2.82. The second kappa shape index (κ2) is 9.73. The molecule has 168 valence electrons. The predicted molar refractivity (Wildman–Crippen MR) is 116 cm³/mol. The molecule has 0 spiro atoms. The average molecular weight is 461 g/mol. The standard InChI is InChI=1S/C21H30Cl2N2O5/c1-20(2,3)30-19(27)25-8-9-29-17(11-24-18(26)21(4,5)28)14(12-25)13-6-7-15(22)16(23)10-13/h6-7,10,14,17,28H,8-9,11-12H2,1-5H3,(H,24,26). The maximum atomic E-state index is 12.7. The maximum absolute atomic E-state index is 12.7. The highest BCUT2D eigenvalue weighted by Crippen LogP contribution is 2.31. The molecule has 1 fully saturated rings. The highest BCUT2D eigenvalue weighted by Gasteiger charge is 2.34. The Labute approximate surface area is 187 Å². The summed E-state index contributed by atoms with van der Waals surface area (Å²) in [5, 5.41) is 13.4. The summed E-state index contributed by atoms with van der Waals surface area (Å²) in [5.74, 6) is -0.802. The summed E-state index contributed by atoms with van der Waals surface area (Å²) >= 11 is 12.3. The fraction of sp³-hybridized carbons (Fsp3) is 0.619. The van der Waals surface area contributed by atoms with Crippen LogP contribution in [0.5, 0.6) is 0 Å². The molecule has 1 aromatic carbocycles. The van der Waals surface area contributed by atoms with E-state index < -0.39 is 29.3 Å². The van der Waals surface area contributed by atoms with Gasteiger partial charge < -0.3 is 24.8 Å². The molecule has 0 radical (unpaired) electrons. The van der Waals surface area contributed by atoms with Crippen molar-refractivity contribution in [2.75, 3.05) is 26.2 Å². The van der Waals surface area contributed by atoms with Crippen molar-refractivity contribution in [3.8, 4) is 0 Å². The monoisotopic (exact) mass is 460 g/mol. The van der Waals surface area contributed by atoms with E-state index in [2.05, 4.69) is 5.32 Å². The van der Waals surface area contributed by atoms with Gasteiger partial charge in [-0.05, 0) is 52.3 Å². The van der Waals surface area contributed by atoms with Crippen molar-refractivity contribution in [2.45, 2.75) is 57.8 Å². The predicted octanol–water partition coefficient (Wildman–Crippen LogP) is 3.60. The second-order valence-corrected chi connectivity index (χ2v) is 9.70. The van der Waals surface area contributed by atoms with Gasteiger partial charge in [-0.3, -0.25) is 4.79 Å². The van der Waals surface area contributed by atoms with Crippen LogP contribution in [0, 0.1) is 0 Å². The number of ether oxygens (including phenoxy) is 2. The number of carbonyl (C=O) groups is 2. The van der Waals surface area contributed by atoms with Crippen LogP contribution in [0.3, 0.4) is 0 Å². The first-order chi connectivity index (χ1) is 13.8. The molecule has 1 aromatic rings. The molecule has 1 saturated heterocycles. The van der Waals surface area contributed by atoms with E-state index in [-0.39, 0.29) is 19.1 Å². The van der Waals surface area contributed by atoms with Crippen molar-refractivity contribution >= 4 is 35.2 Å². The number of aliphatic hydroxyl groups is 1. The summed E-state index contributed by atoms with van der Waals surface area (Å²) in [7, 11) is 0. The molecule has 0 aliphatic carbocycles. The first kappa shape index (κ1) is 24.7. The van der Waals surface area contributed by atoms with Crippen molar-refractivity contribution in [2.24, 2.45) is 0 Å². The van der Waals surface area contributed by atoms with Gasteiger partial charge in [0.15, 0.2) is 0 Å². The lowest BCUT2D eigenvalue weighted by atomic mass is 9.92. The molecule has 0 aromatic heterocycles. The van der Waals surface area contributed by atoms with E-state index in [1.54, 1.807) is 17.0 Å². The zero-order valence-electron chi connectivity index (χ0n) is 18.0. The van der Waals surface area contributed by atoms with Crippen LogP contribution in [0.4, 0.5) is 4.79 Å². The van der Waals surface area contributed by atoms with E-state index in [0.717, 1.165) is 5.56 Å². The quantitative estimate of drug-likeness (QED) is 0.716. The number of halogens is 2. The molecule has 0 saturated carbocycles. The van der Waals surface area contributed by atoms with Gasteiger partial charge in [-0.15, -0.1) is 0 Å². The largest absolute Gasteiger partial charge is 0.444 e. The Bertz CT molecular complexity index is 774. The van der Waals surface area contributed by atoms with Gasteiger partial charge in [-0.1, -0.05) is 29.3 Å². The van der Waals surface area contributed by atoms with Gasteiger partial charge in [0.05, 0.1) is 22.8 Å². The Morgan fingerprint density at radius 1 is 1.23 bits per heavy atom. The second-order valence-electron chi connectivity index (χ2n) is 8.88. The molecule has 0 bridgehead atoms. The summed E-state index contributed by atoms with van der Waals surface area (Å²) in [5.41, 5.74) is -1.31. The first-order valence-electron chi connectivity index (χ1n) is 9.83. The molecule has 1 aliphatic heterocycles. The molecule has 2 N–H and O–H groups in total. The molecule has 2 unspecified atom stereocenters. The number of carbonyl (C=O) groups excluding carboxylic acids is 2. The van der Waals surface area contributed by atoms with Crippen LogP contribution in [0.2, 0.25) is 10.0 Å². The lowest BCUT2D eigenvalue weighted by molar-refractivity contribution is -0.137. The van der Waals surface area contributed by atoms with Crippen LogP contribution in [0.1, 0.15) is 46.1 Å². The maximum Gasteiger partial charge on any atom is 0.410 e. The lowest BCUT2D eigenvalue weighted by Gasteiger charge is -2.30. The number of benzene rings is 1. The molecule has 7 nitrogen and oxygen atoms in total. The van der Waals surface area contributed by atoms with Crippen LogP contribution in [0.25, 0.3) is 0 Å². The number of nitrogens with zero attached hydrogens (tertiary/aromatic N) is 1. The topological polar surface area (TPSA) is 88.1 Å². The van der Waals surface area contributed by atoms with E-state index in [1.165, 1.54) is 13.8 Å². The number of amides is 2. The minimum atomic E-state index is -1.51. The van der Waals surface area contributed by atoms with Gasteiger partial charge in [0.25, 0.3) is 5.91 Å². The molecule has 9 heteroatoms. The summed E-state index contributed by atoms with van der Waals surface area (Å²) < 4.78 is 11.5. The van der Waals surface area contributed by atoms with Gasteiger partial charge >= 0.3 is 6.09 Å². The molecular formula is C21H30Cl2N2O5. The molecule has 2 amide bonds. The summed E-state index contributed by atoms with van der Waals surface area (Å²) in [6, 6.07) is 5.25. The number of hydrogen-bond acceptors (Lipinski definition) is 5. The van der Waals surface area contributed by atoms with Crippen LogP contribution in [-0.2, 0) is 14.3 Å². The third-order valence-electron chi connectivity index (χ3n) is 4.60. The molecular weight excluding hydrogens is 431 g/mol. The zero-order valence-corrected chi connectivity index (χ0v) is 19.5. The van der Waals surface area contributed by atoms with Crippen LogP contribution in [-0.4, -0.2) is 65.6 Å². The number of rotatable bonds is 4. The van der Waals surface area contributed by atoms with Crippen molar-refractivity contribution in [1.82, 2.24) is 10.2 Å². The van der Waals surface area contributed by atoms with Gasteiger partial charge in [-0.25, -0.2) is 4.79 Å². The summed E-state index contributed by atoms with van der Waals surface area (Å²) in [6.07, 6.45) is -0.877. The van der Waals surface area contributed by atoms with Crippen LogP contribution < -0.4 is 5.32 Å². The zero-order chi connectivity index (χ0) is 22.7. The molecule has 1 heterocycles. The van der Waals surface area contributed by atoms with Crippen LogP contribution in [0.15, 0.2) is 18.2 Å². The smallest absolute Gasteiger partial charge is 0.410 e. The van der Waals surface area contributed by atoms with Crippen LogP contribution >= 0.6 is 23.2 Å². The Hall–Kier alpha value is -1.54. The Morgan fingerprint density at radius 3 is 2.47 bits per heavy atom. The minimum absolute atomic E-state index is 0.163. The van der Waals surface area contributed by atoms with E-state index in [0.29, 0.717) is 23.1 Å². The minimum Gasteiger partial charge on any atom is -0.444 e. The summed E-state index contributed by atoms with van der Waals surface area (Å²) in [6.45, 7) is 9.36. The Kier molecular flexibility index (Phi) is 8.02. The van der Waals surface area contributed by atoms with Gasteiger partial charge in [0.1, 0.15) is 11.2 Å². The van der Waals surface area contributed by atoms with Crippen molar-refractivity contribution in [1.29, 1.82) is 0 Å². The Morgan fingerprint density at radius 2 is 1.90 bits per heavy atom. The van der Waals surface area contributed by atoms with E-state index in [1.807, 2.05) is 26.8 Å². The Balaban J connectivity index is 2.27. The van der Waals surface area contributed by atoms with Gasteiger partial charge in [0, 0.05) is 25.6 Å². The molecule has 2 atom stereocenters. The fourth-order valence-corrected chi connectivity index (χ4v) is 3.35. The van der Waals surface area contributed by atoms with Gasteiger partial charge in [0.2, 0.25) is 0 Å². The third kappa shape index (κ3) is 7.01. The number of hydrogen-bond donors (Lipinski definition) is 2. The normalized spacial score (nSPS) is 20.5. The van der Waals surface area contributed by atoms with Crippen molar-refractivity contribution in [3.63, 3.8) is 0 Å². The summed E-state index contributed by atoms with van der Waals surface area (Å²) in [4.78, 5) is 26.4. The first-order valence-corrected chi connectivity index (χ1v) is 10.6. The molecule has 30 heavy (non-hydrogen) atoms.